The minimum absolute atomic E-state index is 0.0693. The molecule has 5 aliphatic rings. The number of sulfonamides is 1. The van der Waals surface area contributed by atoms with Gasteiger partial charge in [0.15, 0.2) is 5.78 Å². The lowest BCUT2D eigenvalue weighted by atomic mass is 9.53. The largest absolute Gasteiger partial charge is 0.393 e. The Morgan fingerprint density at radius 2 is 1.71 bits per heavy atom. The molecule has 38 heavy (non-hydrogen) atoms. The number of rotatable bonds is 3. The van der Waals surface area contributed by atoms with Gasteiger partial charge in [-0.2, -0.15) is 4.31 Å². The summed E-state index contributed by atoms with van der Waals surface area (Å²) in [6, 6.07) is 7.97. The van der Waals surface area contributed by atoms with Crippen LogP contribution in [0.2, 0.25) is 0 Å². The quantitative estimate of drug-likeness (QED) is 0.634. The Hall–Kier alpha value is -2.29. The van der Waals surface area contributed by atoms with Crippen LogP contribution in [0.3, 0.4) is 0 Å². The SMILES string of the molecule is CC12CC(c3ccc(C(=O)N4CCN(S(C)(=O)=O)CC4)cc3)C3=C4CCC(=O)C=C4CCC3C1CCC2O. The Morgan fingerprint density at radius 3 is 2.39 bits per heavy atom. The molecule has 1 aromatic rings. The number of nitrogens with zero attached hydrogens (tertiary/aromatic N) is 2. The van der Waals surface area contributed by atoms with Gasteiger partial charge in [-0.1, -0.05) is 24.6 Å². The molecule has 7 nitrogen and oxygen atoms in total. The maximum atomic E-state index is 13.2. The van der Waals surface area contributed by atoms with Crippen molar-refractivity contribution in [2.75, 3.05) is 32.4 Å². The molecule has 1 saturated heterocycles. The number of aliphatic hydroxyl groups excluding tert-OH is 1. The lowest BCUT2D eigenvalue weighted by Crippen LogP contribution is -2.50. The predicted molar refractivity (Wildman–Crippen MR) is 145 cm³/mol. The maximum Gasteiger partial charge on any atom is 0.253 e. The highest BCUT2D eigenvalue weighted by molar-refractivity contribution is 7.88. The lowest BCUT2D eigenvalue weighted by molar-refractivity contribution is -0.114. The van der Waals surface area contributed by atoms with Crippen LogP contribution in [0.4, 0.5) is 0 Å². The fourth-order valence-corrected chi connectivity index (χ4v) is 9.02. The van der Waals surface area contributed by atoms with Crippen molar-refractivity contribution in [3.63, 3.8) is 0 Å². The van der Waals surface area contributed by atoms with Gasteiger partial charge in [0.1, 0.15) is 0 Å². The van der Waals surface area contributed by atoms with E-state index in [0.717, 1.165) is 38.5 Å². The molecule has 0 radical (unpaired) electrons. The van der Waals surface area contributed by atoms with Gasteiger partial charge in [0.25, 0.3) is 5.91 Å². The van der Waals surface area contributed by atoms with Crippen LogP contribution in [0.1, 0.15) is 73.7 Å². The molecule has 5 unspecified atom stereocenters. The number of allylic oxidation sites excluding steroid dienone is 4. The fourth-order valence-electron chi connectivity index (χ4n) is 8.19. The van der Waals surface area contributed by atoms with Crippen LogP contribution in [0, 0.1) is 17.3 Å². The van der Waals surface area contributed by atoms with Crippen molar-refractivity contribution < 1.29 is 23.1 Å². The van der Waals surface area contributed by atoms with E-state index < -0.39 is 10.0 Å². The van der Waals surface area contributed by atoms with Crippen molar-refractivity contribution in [1.29, 1.82) is 0 Å². The van der Waals surface area contributed by atoms with E-state index in [0.29, 0.717) is 50.0 Å². The molecule has 2 saturated carbocycles. The highest BCUT2D eigenvalue weighted by Crippen LogP contribution is 2.63. The summed E-state index contributed by atoms with van der Waals surface area (Å²) in [5, 5.41) is 11.1. The summed E-state index contributed by atoms with van der Waals surface area (Å²) >= 11 is 0. The van der Waals surface area contributed by atoms with Crippen molar-refractivity contribution in [3.05, 3.63) is 58.2 Å². The summed E-state index contributed by atoms with van der Waals surface area (Å²) in [5.74, 6) is 1.24. The van der Waals surface area contributed by atoms with Gasteiger partial charge in [-0.3, -0.25) is 9.59 Å². The van der Waals surface area contributed by atoms with E-state index in [4.69, 9.17) is 0 Å². The van der Waals surface area contributed by atoms with Crippen LogP contribution >= 0.6 is 0 Å². The van der Waals surface area contributed by atoms with Crippen molar-refractivity contribution in [3.8, 4) is 0 Å². The summed E-state index contributed by atoms with van der Waals surface area (Å²) < 4.78 is 25.1. The second kappa shape index (κ2) is 9.42. The predicted octanol–water partition coefficient (Wildman–Crippen LogP) is 3.66. The zero-order chi connectivity index (χ0) is 26.8. The standard InChI is InChI=1S/C30H38N2O5S/c1-30-18-25(19-3-5-20(6-4-19)29(35)31-13-15-32(16-14-31)38(2,36)37)28-23-10-8-22(33)17-21(23)7-9-24(28)26(30)11-12-27(30)34/h3-6,17,24-27,34H,7-16,18H2,1-2H3. The Bertz CT molecular complexity index is 1320. The van der Waals surface area contributed by atoms with E-state index in [1.807, 2.05) is 18.2 Å². The molecule has 1 aliphatic heterocycles. The van der Waals surface area contributed by atoms with Crippen molar-refractivity contribution >= 4 is 21.7 Å². The Kier molecular flexibility index (Phi) is 6.43. The van der Waals surface area contributed by atoms with Crippen LogP contribution in [0.15, 0.2) is 47.1 Å². The molecule has 1 aromatic carbocycles. The minimum atomic E-state index is -3.24. The molecule has 0 bridgehead atoms. The third-order valence-corrected chi connectivity index (χ3v) is 11.5. The second-order valence-corrected chi connectivity index (χ2v) is 14.2. The van der Waals surface area contributed by atoms with Crippen LogP contribution in [-0.2, 0) is 14.8 Å². The van der Waals surface area contributed by atoms with E-state index in [9.17, 15) is 23.1 Å². The first-order valence-electron chi connectivity index (χ1n) is 14.1. The van der Waals surface area contributed by atoms with Crippen molar-refractivity contribution in [2.45, 2.75) is 63.9 Å². The Labute approximate surface area is 225 Å². The number of hydrogen-bond acceptors (Lipinski definition) is 5. The van der Waals surface area contributed by atoms with Crippen molar-refractivity contribution in [1.82, 2.24) is 9.21 Å². The van der Waals surface area contributed by atoms with Crippen molar-refractivity contribution in [2.24, 2.45) is 17.3 Å². The van der Waals surface area contributed by atoms with Crippen LogP contribution in [0.5, 0.6) is 0 Å². The summed E-state index contributed by atoms with van der Waals surface area (Å²) in [5.41, 5.74) is 5.76. The normalized spacial score (nSPS) is 33.9. The molecule has 3 fully saturated rings. The number of hydrogen-bond donors (Lipinski definition) is 1. The summed E-state index contributed by atoms with van der Waals surface area (Å²) in [7, 11) is -3.24. The van der Waals surface area contributed by atoms with E-state index in [-0.39, 0.29) is 29.1 Å². The zero-order valence-electron chi connectivity index (χ0n) is 22.4. The molecular formula is C30H38N2O5S. The zero-order valence-corrected chi connectivity index (χ0v) is 23.2. The fraction of sp³-hybridized carbons (Fsp3) is 0.600. The van der Waals surface area contributed by atoms with E-state index >= 15 is 0 Å². The molecule has 1 amide bonds. The van der Waals surface area contributed by atoms with Crippen LogP contribution in [-0.4, -0.2) is 73.0 Å². The van der Waals surface area contributed by atoms with Gasteiger partial charge >= 0.3 is 0 Å². The molecule has 0 aromatic heterocycles. The molecular weight excluding hydrogens is 500 g/mol. The first-order valence-corrected chi connectivity index (χ1v) is 15.9. The van der Waals surface area contributed by atoms with Crippen LogP contribution < -0.4 is 0 Å². The molecule has 204 valence electrons. The average molecular weight is 539 g/mol. The Balaban J connectivity index is 1.30. The maximum absolute atomic E-state index is 13.2. The minimum Gasteiger partial charge on any atom is -0.393 e. The number of piperazine rings is 1. The van der Waals surface area contributed by atoms with Gasteiger partial charge in [-0.05, 0) is 90.7 Å². The van der Waals surface area contributed by atoms with Gasteiger partial charge in [-0.15, -0.1) is 0 Å². The number of aliphatic hydroxyl groups is 1. The van der Waals surface area contributed by atoms with E-state index in [2.05, 4.69) is 19.1 Å². The van der Waals surface area contributed by atoms with Gasteiger partial charge in [0.2, 0.25) is 10.0 Å². The van der Waals surface area contributed by atoms with Gasteiger partial charge in [-0.25, -0.2) is 8.42 Å². The average Bonchev–Trinajstić information content (AvgIpc) is 3.21. The highest BCUT2D eigenvalue weighted by atomic mass is 32.2. The van der Waals surface area contributed by atoms with Crippen LogP contribution in [0.25, 0.3) is 0 Å². The molecule has 5 atom stereocenters. The summed E-state index contributed by atoms with van der Waals surface area (Å²) in [6.45, 7) is 3.69. The Morgan fingerprint density at radius 1 is 1.00 bits per heavy atom. The number of fused-ring (bicyclic) bond motifs is 4. The third kappa shape index (κ3) is 4.29. The number of benzene rings is 1. The monoisotopic (exact) mass is 538 g/mol. The first-order chi connectivity index (χ1) is 18.1. The number of carbonyl (C=O) groups excluding carboxylic acids is 2. The number of carbonyl (C=O) groups is 2. The topological polar surface area (TPSA) is 95.0 Å². The van der Waals surface area contributed by atoms with E-state index in [1.165, 1.54) is 32.8 Å². The molecule has 4 aliphatic carbocycles. The molecule has 8 heteroatoms. The molecule has 1 heterocycles. The molecule has 0 spiro atoms. The number of amides is 1. The summed E-state index contributed by atoms with van der Waals surface area (Å²) in [6.07, 6.45) is 8.97. The highest BCUT2D eigenvalue weighted by Gasteiger charge is 2.56. The second-order valence-electron chi connectivity index (χ2n) is 12.3. The van der Waals surface area contributed by atoms with Gasteiger partial charge in [0, 0.05) is 44.1 Å². The van der Waals surface area contributed by atoms with E-state index in [1.54, 1.807) is 4.90 Å². The summed E-state index contributed by atoms with van der Waals surface area (Å²) in [4.78, 5) is 27.1. The van der Waals surface area contributed by atoms with Gasteiger partial charge in [0.05, 0.1) is 12.4 Å². The smallest absolute Gasteiger partial charge is 0.253 e. The third-order valence-electron chi connectivity index (χ3n) is 10.2. The lowest BCUT2D eigenvalue weighted by Gasteiger charge is -2.52. The molecule has 6 rings (SSSR count). The number of ketones is 1. The first kappa shape index (κ1) is 26.0. The van der Waals surface area contributed by atoms with Gasteiger partial charge < -0.3 is 10.0 Å². The molecule has 1 N–H and O–H groups in total.